The zero-order chi connectivity index (χ0) is 64.0. The monoisotopic (exact) mass is 1240 g/mol. The molecule has 0 aliphatic heterocycles. The van der Waals surface area contributed by atoms with E-state index in [1.54, 1.807) is 0 Å². The van der Waals surface area contributed by atoms with Crippen LogP contribution in [0.4, 0.5) is 34.1 Å². The summed E-state index contributed by atoms with van der Waals surface area (Å²) >= 11 is 0. The van der Waals surface area contributed by atoms with Crippen molar-refractivity contribution in [3.8, 4) is 77.9 Å². The van der Waals surface area contributed by atoms with E-state index in [1.165, 1.54) is 160 Å². The van der Waals surface area contributed by atoms with Crippen molar-refractivity contribution < 1.29 is 0 Å². The maximum atomic E-state index is 2.60. The normalized spacial score (nSPS) is 15.6. The second-order valence-corrected chi connectivity index (χ2v) is 27.2. The number of rotatable bonds is 7. The largest absolute Gasteiger partial charge is 0.310 e. The van der Waals surface area contributed by atoms with Crippen LogP contribution < -0.4 is 9.80 Å². The Bertz CT molecular complexity index is 6280. The lowest BCUT2D eigenvalue weighted by Crippen LogP contribution is -2.28. The van der Waals surface area contributed by atoms with Crippen molar-refractivity contribution in [2.45, 2.75) is 10.8 Å². The molecule has 2 heteroatoms. The molecule has 0 saturated heterocycles. The molecule has 0 N–H and O–H groups in total. The van der Waals surface area contributed by atoms with Gasteiger partial charge in [0.05, 0.1) is 22.2 Å². The molecule has 22 rings (SSSR count). The number of anilines is 6. The van der Waals surface area contributed by atoms with Crippen LogP contribution in [-0.4, -0.2) is 0 Å². The van der Waals surface area contributed by atoms with Crippen molar-refractivity contribution in [2.75, 3.05) is 9.80 Å². The van der Waals surface area contributed by atoms with Crippen molar-refractivity contribution in [3.63, 3.8) is 0 Å². The van der Waals surface area contributed by atoms with E-state index in [4.69, 9.17) is 0 Å². The third-order valence-corrected chi connectivity index (χ3v) is 22.7. The van der Waals surface area contributed by atoms with Gasteiger partial charge in [0.15, 0.2) is 0 Å². The summed E-state index contributed by atoms with van der Waals surface area (Å²) in [5.41, 5.74) is 33.9. The number of hydrogen-bond donors (Lipinski definition) is 0. The molecule has 0 aromatic heterocycles. The van der Waals surface area contributed by atoms with E-state index in [9.17, 15) is 0 Å². The van der Waals surface area contributed by atoms with Crippen LogP contribution in [0.15, 0.2) is 352 Å². The van der Waals surface area contributed by atoms with Gasteiger partial charge in [-0.2, -0.15) is 0 Å². The Morgan fingerprint density at radius 1 is 0.184 bits per heavy atom. The molecule has 0 heterocycles. The van der Waals surface area contributed by atoms with Crippen LogP contribution in [0.2, 0.25) is 0 Å². The van der Waals surface area contributed by atoms with Gasteiger partial charge in [-0.25, -0.2) is 0 Å². The van der Waals surface area contributed by atoms with Gasteiger partial charge in [-0.3, -0.25) is 0 Å². The lowest BCUT2D eigenvalue weighted by atomic mass is 9.69. The van der Waals surface area contributed by atoms with Gasteiger partial charge >= 0.3 is 0 Å². The molecule has 0 radical (unpaired) electrons. The molecule has 0 fully saturated rings. The first-order valence-corrected chi connectivity index (χ1v) is 34.3. The average molecular weight is 1240 g/mol. The second-order valence-electron chi connectivity index (χ2n) is 27.2. The summed E-state index contributed by atoms with van der Waals surface area (Å²) < 4.78 is 0. The summed E-state index contributed by atoms with van der Waals surface area (Å²) in [4.78, 5) is 5.03. The minimum absolute atomic E-state index is 0.638. The molecule has 0 amide bonds. The van der Waals surface area contributed by atoms with Crippen LogP contribution in [-0.2, 0) is 10.8 Å². The first-order chi connectivity index (χ1) is 48.7. The van der Waals surface area contributed by atoms with E-state index in [-0.39, 0.29) is 0 Å². The van der Waals surface area contributed by atoms with Gasteiger partial charge in [0.1, 0.15) is 0 Å². The topological polar surface area (TPSA) is 6.48 Å². The molecule has 0 bridgehead atoms. The first kappa shape index (κ1) is 53.7. The second kappa shape index (κ2) is 20.0. The van der Waals surface area contributed by atoms with E-state index in [0.717, 1.165) is 39.6 Å². The summed E-state index contributed by atoms with van der Waals surface area (Å²) in [5, 5.41) is 10.1. The Morgan fingerprint density at radius 3 is 1.16 bits per heavy atom. The lowest BCUT2D eigenvalue weighted by molar-refractivity contribution is 0.794. The van der Waals surface area contributed by atoms with Crippen molar-refractivity contribution in [1.82, 2.24) is 0 Å². The molecular formula is C96H58N2. The Labute approximate surface area is 568 Å². The third-order valence-electron chi connectivity index (χ3n) is 22.7. The lowest BCUT2D eigenvalue weighted by Gasteiger charge is -2.36. The van der Waals surface area contributed by atoms with Crippen molar-refractivity contribution >= 4 is 77.2 Å². The Hall–Kier alpha value is -12.6. The molecule has 2 spiro atoms. The Morgan fingerprint density at radius 2 is 0.571 bits per heavy atom. The van der Waals surface area contributed by atoms with Crippen LogP contribution in [0.3, 0.4) is 0 Å². The fourth-order valence-electron chi connectivity index (χ4n) is 19.1. The maximum Gasteiger partial charge on any atom is 0.0746 e. The molecule has 98 heavy (non-hydrogen) atoms. The SMILES string of the molecule is c1ccc(N(c2ccccc2)c2cccc3c2C2(c4ccccc4-c4cc5c6ccccc6c6cc(-c7cccc(N(c8ccccc8)c8cccc9c8C8(c%10ccccc%10-9)c9ccccc9-c9c8cc8c%10c(cccc9%10)-c9ccccc9-8)c7)ccc6c5cc42)c2ccccc2-3)cc1. The number of para-hydroxylation sites is 3. The summed E-state index contributed by atoms with van der Waals surface area (Å²) in [6.45, 7) is 0. The zero-order valence-electron chi connectivity index (χ0n) is 53.4. The predicted molar refractivity (Wildman–Crippen MR) is 408 cm³/mol. The quantitative estimate of drug-likeness (QED) is 0.147. The fraction of sp³-hybridized carbons (Fsp3) is 0.0208. The van der Waals surface area contributed by atoms with E-state index >= 15 is 0 Å². The average Bonchev–Trinajstić information content (AvgIpc) is 1.50. The van der Waals surface area contributed by atoms with Gasteiger partial charge in [-0.1, -0.05) is 267 Å². The smallest absolute Gasteiger partial charge is 0.0746 e. The van der Waals surface area contributed by atoms with Gasteiger partial charge in [-0.05, 0) is 239 Å². The van der Waals surface area contributed by atoms with Crippen LogP contribution in [0.25, 0.3) is 121 Å². The summed E-state index contributed by atoms with van der Waals surface area (Å²) in [7, 11) is 0. The third kappa shape index (κ3) is 6.90. The highest BCUT2D eigenvalue weighted by Gasteiger charge is 2.56. The van der Waals surface area contributed by atoms with Crippen LogP contribution >= 0.6 is 0 Å². The highest BCUT2D eigenvalue weighted by atomic mass is 15.2. The van der Waals surface area contributed by atoms with Crippen molar-refractivity contribution in [1.29, 1.82) is 0 Å². The van der Waals surface area contributed by atoms with Crippen molar-refractivity contribution in [2.24, 2.45) is 0 Å². The van der Waals surface area contributed by atoms with Crippen LogP contribution in [0, 0.1) is 0 Å². The first-order valence-electron chi connectivity index (χ1n) is 34.3. The number of nitrogens with zero attached hydrogens (tertiary/aromatic N) is 2. The van der Waals surface area contributed by atoms with E-state index in [1.807, 2.05) is 0 Å². The maximum absolute atomic E-state index is 2.60. The molecule has 2 atom stereocenters. The number of benzene rings is 17. The van der Waals surface area contributed by atoms with Crippen LogP contribution in [0.1, 0.15) is 44.5 Å². The Kier molecular flexibility index (Phi) is 10.9. The van der Waals surface area contributed by atoms with Gasteiger partial charge in [0.2, 0.25) is 0 Å². The van der Waals surface area contributed by atoms with E-state index in [2.05, 4.69) is 362 Å². The molecule has 452 valence electrons. The predicted octanol–water partition coefficient (Wildman–Crippen LogP) is 25.2. The van der Waals surface area contributed by atoms with Gasteiger partial charge in [0.25, 0.3) is 0 Å². The molecule has 2 nitrogen and oxygen atoms in total. The molecule has 5 aliphatic carbocycles. The summed E-state index contributed by atoms with van der Waals surface area (Å²) in [5.74, 6) is 0. The Balaban J connectivity index is 0.750. The van der Waals surface area contributed by atoms with Crippen molar-refractivity contribution in [3.05, 3.63) is 396 Å². The number of fused-ring (bicyclic) bond motifs is 30. The minimum Gasteiger partial charge on any atom is -0.310 e. The molecule has 17 aromatic carbocycles. The summed E-state index contributed by atoms with van der Waals surface area (Å²) in [6.07, 6.45) is 0. The van der Waals surface area contributed by atoms with Crippen LogP contribution in [0.5, 0.6) is 0 Å². The summed E-state index contributed by atoms with van der Waals surface area (Å²) in [6, 6.07) is 133. The van der Waals surface area contributed by atoms with Gasteiger partial charge < -0.3 is 9.80 Å². The standard InChI is InChI=1S/C96H58N2/c1-4-27-61(28-5-1)97(62-29-6-2-7-30-62)89-50-24-43-74-70-38-14-18-46-83(70)95(93(74)89)85-48-20-16-40-72(85)81-56-79-67-36-12-11-35-66(67)78-55-60(52-53-69(78)80(79)57-87(81)95)59-26-22-33-64(54-59)98(63-31-8-3-9-32-63)90-51-25-44-75-71-39-15-19-47-84(71)96(94(75)90)86-49-21-17-41-76(86)92-77-45-23-42-73-65-34-10-13-37-68(65)82(91(73)77)58-88(92)96/h1-58H. The van der Waals surface area contributed by atoms with Gasteiger partial charge in [-0.15, -0.1) is 0 Å². The highest BCUT2D eigenvalue weighted by Crippen LogP contribution is 2.69. The molecule has 17 aromatic rings. The molecule has 2 unspecified atom stereocenters. The van der Waals surface area contributed by atoms with E-state index < -0.39 is 10.8 Å². The number of hydrogen-bond acceptors (Lipinski definition) is 2. The van der Waals surface area contributed by atoms with Gasteiger partial charge in [0, 0.05) is 33.9 Å². The molecular weight excluding hydrogens is 1180 g/mol. The van der Waals surface area contributed by atoms with E-state index in [0.29, 0.717) is 0 Å². The molecule has 5 aliphatic rings. The molecule has 0 saturated carbocycles. The fourth-order valence-corrected chi connectivity index (χ4v) is 19.1. The minimum atomic E-state index is -0.639. The highest BCUT2D eigenvalue weighted by molar-refractivity contribution is 6.27. The zero-order valence-corrected chi connectivity index (χ0v) is 53.4.